The molecular weight excluding hydrogens is 240 g/mol. The SMILES string of the molecule is Cc1ccc2c(=O)c3cccc(C=O)c3oc2c1C. The number of hydrogen-bond donors (Lipinski definition) is 0. The van der Waals surface area contributed by atoms with Crippen molar-refractivity contribution in [2.45, 2.75) is 13.8 Å². The molecule has 0 N–H and O–H groups in total. The Balaban J connectivity index is 2.64. The fourth-order valence-corrected chi connectivity index (χ4v) is 2.29. The summed E-state index contributed by atoms with van der Waals surface area (Å²) in [5, 5.41) is 0.999. The molecule has 3 rings (SSSR count). The third-order valence-corrected chi connectivity index (χ3v) is 3.54. The summed E-state index contributed by atoms with van der Waals surface area (Å²) in [6, 6.07) is 8.70. The first-order valence-corrected chi connectivity index (χ1v) is 6.04. The number of aryl methyl sites for hydroxylation is 2. The minimum absolute atomic E-state index is 0.0944. The molecule has 0 radical (unpaired) electrons. The number of carbonyl (C=O) groups is 1. The van der Waals surface area contributed by atoms with Crippen LogP contribution in [0.3, 0.4) is 0 Å². The van der Waals surface area contributed by atoms with Crippen molar-refractivity contribution in [2.75, 3.05) is 0 Å². The topological polar surface area (TPSA) is 47.3 Å². The van der Waals surface area contributed by atoms with Gasteiger partial charge in [0.05, 0.1) is 16.3 Å². The maximum absolute atomic E-state index is 12.4. The molecule has 3 nitrogen and oxygen atoms in total. The van der Waals surface area contributed by atoms with Gasteiger partial charge in [0, 0.05) is 0 Å². The highest BCUT2D eigenvalue weighted by molar-refractivity contribution is 5.99. The fourth-order valence-electron chi connectivity index (χ4n) is 2.29. The largest absolute Gasteiger partial charge is 0.455 e. The average molecular weight is 252 g/mol. The molecule has 19 heavy (non-hydrogen) atoms. The van der Waals surface area contributed by atoms with Crippen molar-refractivity contribution in [2.24, 2.45) is 0 Å². The smallest absolute Gasteiger partial charge is 0.200 e. The van der Waals surface area contributed by atoms with E-state index < -0.39 is 0 Å². The molecule has 3 heteroatoms. The van der Waals surface area contributed by atoms with Gasteiger partial charge in [0.2, 0.25) is 5.43 Å². The molecule has 3 aromatic rings. The Morgan fingerprint density at radius 2 is 1.74 bits per heavy atom. The van der Waals surface area contributed by atoms with Crippen LogP contribution in [0, 0.1) is 13.8 Å². The zero-order valence-corrected chi connectivity index (χ0v) is 10.7. The lowest BCUT2D eigenvalue weighted by atomic mass is 10.0. The van der Waals surface area contributed by atoms with Crippen LogP contribution in [-0.2, 0) is 0 Å². The summed E-state index contributed by atoms with van der Waals surface area (Å²) in [6.45, 7) is 3.88. The average Bonchev–Trinajstić information content (AvgIpc) is 2.43. The highest BCUT2D eigenvalue weighted by atomic mass is 16.3. The minimum Gasteiger partial charge on any atom is -0.455 e. The van der Waals surface area contributed by atoms with Crippen LogP contribution in [0.1, 0.15) is 21.5 Å². The Kier molecular flexibility index (Phi) is 2.49. The predicted molar refractivity (Wildman–Crippen MR) is 74.9 cm³/mol. The number of carbonyl (C=O) groups excluding carboxylic acids is 1. The van der Waals surface area contributed by atoms with Crippen LogP contribution in [0.4, 0.5) is 0 Å². The van der Waals surface area contributed by atoms with E-state index in [0.717, 1.165) is 11.1 Å². The second-order valence-corrected chi connectivity index (χ2v) is 4.66. The van der Waals surface area contributed by atoms with E-state index in [-0.39, 0.29) is 5.43 Å². The lowest BCUT2D eigenvalue weighted by Gasteiger charge is -2.07. The summed E-state index contributed by atoms with van der Waals surface area (Å²) in [6.07, 6.45) is 0.711. The molecule has 1 heterocycles. The van der Waals surface area contributed by atoms with Crippen molar-refractivity contribution in [1.29, 1.82) is 0 Å². The van der Waals surface area contributed by atoms with Gasteiger partial charge in [-0.1, -0.05) is 12.1 Å². The van der Waals surface area contributed by atoms with Crippen LogP contribution in [-0.4, -0.2) is 6.29 Å². The van der Waals surface area contributed by atoms with Gasteiger partial charge in [-0.15, -0.1) is 0 Å². The van der Waals surface area contributed by atoms with Crippen LogP contribution in [0.25, 0.3) is 21.9 Å². The van der Waals surface area contributed by atoms with Gasteiger partial charge in [0.25, 0.3) is 0 Å². The first-order valence-electron chi connectivity index (χ1n) is 6.04. The number of aldehydes is 1. The maximum Gasteiger partial charge on any atom is 0.200 e. The molecule has 94 valence electrons. The van der Waals surface area contributed by atoms with E-state index in [1.54, 1.807) is 24.3 Å². The van der Waals surface area contributed by atoms with E-state index in [4.69, 9.17) is 4.42 Å². The highest BCUT2D eigenvalue weighted by Gasteiger charge is 2.12. The zero-order valence-electron chi connectivity index (χ0n) is 10.7. The molecule has 0 fully saturated rings. The standard InChI is InChI=1S/C16H12O3/c1-9-6-7-13-14(18)12-5-3-4-11(8-17)16(12)19-15(13)10(9)2/h3-8H,1-2H3. The van der Waals surface area contributed by atoms with Gasteiger partial charge in [0.15, 0.2) is 6.29 Å². The van der Waals surface area contributed by atoms with Gasteiger partial charge in [-0.05, 0) is 43.2 Å². The van der Waals surface area contributed by atoms with Gasteiger partial charge in [-0.3, -0.25) is 9.59 Å². The zero-order chi connectivity index (χ0) is 13.6. The molecule has 0 spiro atoms. The van der Waals surface area contributed by atoms with E-state index in [1.165, 1.54) is 0 Å². The maximum atomic E-state index is 12.4. The first-order chi connectivity index (χ1) is 9.13. The molecular formula is C16H12O3. The van der Waals surface area contributed by atoms with Gasteiger partial charge in [-0.2, -0.15) is 0 Å². The van der Waals surface area contributed by atoms with Gasteiger partial charge < -0.3 is 4.42 Å². The first kappa shape index (κ1) is 11.7. The molecule has 1 aromatic heterocycles. The van der Waals surface area contributed by atoms with Gasteiger partial charge >= 0.3 is 0 Å². The van der Waals surface area contributed by atoms with Gasteiger partial charge in [-0.25, -0.2) is 0 Å². The van der Waals surface area contributed by atoms with Crippen LogP contribution < -0.4 is 5.43 Å². The van der Waals surface area contributed by atoms with E-state index in [1.807, 2.05) is 19.9 Å². The van der Waals surface area contributed by atoms with Crippen molar-refractivity contribution in [3.05, 3.63) is 57.2 Å². The Bertz CT molecular complexity index is 872. The van der Waals surface area contributed by atoms with Crippen molar-refractivity contribution in [1.82, 2.24) is 0 Å². The van der Waals surface area contributed by atoms with Crippen LogP contribution >= 0.6 is 0 Å². The lowest BCUT2D eigenvalue weighted by molar-refractivity contribution is 0.112. The quantitative estimate of drug-likeness (QED) is 0.492. The lowest BCUT2D eigenvalue weighted by Crippen LogP contribution is -2.04. The number of hydrogen-bond acceptors (Lipinski definition) is 3. The summed E-state index contributed by atoms with van der Waals surface area (Å²) >= 11 is 0. The van der Waals surface area contributed by atoms with E-state index in [9.17, 15) is 9.59 Å². The Morgan fingerprint density at radius 1 is 1.00 bits per heavy atom. The molecule has 0 atom stereocenters. The van der Waals surface area contributed by atoms with Crippen LogP contribution in [0.15, 0.2) is 39.5 Å². The highest BCUT2D eigenvalue weighted by Crippen LogP contribution is 2.24. The molecule has 0 aliphatic rings. The molecule has 0 aliphatic carbocycles. The van der Waals surface area contributed by atoms with E-state index in [0.29, 0.717) is 33.8 Å². The third kappa shape index (κ3) is 1.58. The molecule has 0 saturated carbocycles. The summed E-state index contributed by atoms with van der Waals surface area (Å²) in [5.74, 6) is 0. The van der Waals surface area contributed by atoms with Crippen LogP contribution in [0.2, 0.25) is 0 Å². The van der Waals surface area contributed by atoms with Crippen molar-refractivity contribution in [3.63, 3.8) is 0 Å². The molecule has 2 aromatic carbocycles. The molecule has 0 saturated heterocycles. The summed E-state index contributed by atoms with van der Waals surface area (Å²) in [7, 11) is 0. The summed E-state index contributed by atoms with van der Waals surface area (Å²) in [4.78, 5) is 23.5. The third-order valence-electron chi connectivity index (χ3n) is 3.54. The predicted octanol–water partition coefficient (Wildman–Crippen LogP) is 3.38. The Morgan fingerprint density at radius 3 is 2.47 bits per heavy atom. The minimum atomic E-state index is -0.0944. The van der Waals surface area contributed by atoms with E-state index in [2.05, 4.69) is 0 Å². The van der Waals surface area contributed by atoms with Crippen molar-refractivity contribution >= 4 is 28.2 Å². The number of fused-ring (bicyclic) bond motifs is 2. The fraction of sp³-hybridized carbons (Fsp3) is 0.125. The Hall–Kier alpha value is -2.42. The second kappa shape index (κ2) is 4.05. The van der Waals surface area contributed by atoms with Gasteiger partial charge in [0.1, 0.15) is 11.2 Å². The normalized spacial score (nSPS) is 11.1. The van der Waals surface area contributed by atoms with Crippen LogP contribution in [0.5, 0.6) is 0 Å². The second-order valence-electron chi connectivity index (χ2n) is 4.66. The van der Waals surface area contributed by atoms with Crippen molar-refractivity contribution < 1.29 is 9.21 Å². The summed E-state index contributed by atoms with van der Waals surface area (Å²) in [5.41, 5.74) is 3.21. The monoisotopic (exact) mass is 252 g/mol. The molecule has 0 amide bonds. The van der Waals surface area contributed by atoms with Crippen molar-refractivity contribution in [3.8, 4) is 0 Å². The number of rotatable bonds is 1. The number of benzene rings is 2. The molecule has 0 unspecified atom stereocenters. The Labute approximate surface area is 109 Å². The van der Waals surface area contributed by atoms with E-state index >= 15 is 0 Å². The molecule has 0 aliphatic heterocycles. The molecule has 0 bridgehead atoms. The summed E-state index contributed by atoms with van der Waals surface area (Å²) < 4.78 is 5.83. The number of para-hydroxylation sites is 1.